The van der Waals surface area contributed by atoms with Gasteiger partial charge in [-0.2, -0.15) is 0 Å². The first-order chi connectivity index (χ1) is 11.6. The van der Waals surface area contributed by atoms with Crippen LogP contribution in [-0.4, -0.2) is 49.6 Å². The van der Waals surface area contributed by atoms with Crippen molar-refractivity contribution >= 4 is 17.6 Å². The number of anilines is 1. The molecule has 3 amide bonds. The van der Waals surface area contributed by atoms with Crippen LogP contribution in [0.5, 0.6) is 0 Å². The van der Waals surface area contributed by atoms with Gasteiger partial charge in [-0.15, -0.1) is 0 Å². The number of rotatable bonds is 6. The Balaban J connectivity index is 1.69. The number of carbonyl (C=O) groups excluding carboxylic acids is 2. The Morgan fingerprint density at radius 1 is 1.21 bits per heavy atom. The van der Waals surface area contributed by atoms with Crippen LogP contribution in [0, 0.1) is 5.82 Å². The number of hydrogen-bond donors (Lipinski definition) is 3. The van der Waals surface area contributed by atoms with Crippen LogP contribution in [0.2, 0.25) is 0 Å². The smallest absolute Gasteiger partial charge is 0.319 e. The van der Waals surface area contributed by atoms with Gasteiger partial charge in [0.05, 0.1) is 0 Å². The Bertz CT molecular complexity index is 542. The summed E-state index contributed by atoms with van der Waals surface area (Å²) in [5.74, 6) is -0.160. The van der Waals surface area contributed by atoms with E-state index in [9.17, 15) is 14.0 Å². The fourth-order valence-corrected chi connectivity index (χ4v) is 2.73. The number of likely N-dealkylation sites (tertiary alicyclic amines) is 1. The quantitative estimate of drug-likeness (QED) is 0.695. The van der Waals surface area contributed by atoms with Crippen molar-refractivity contribution in [2.75, 3.05) is 32.0 Å². The average Bonchev–Trinajstić information content (AvgIpc) is 2.58. The lowest BCUT2D eigenvalue weighted by Crippen LogP contribution is -2.47. The van der Waals surface area contributed by atoms with Crippen LogP contribution in [0.1, 0.15) is 25.7 Å². The molecular weight excluding hydrogens is 311 g/mol. The molecule has 0 aliphatic carbocycles. The molecule has 0 aromatic heterocycles. The maximum Gasteiger partial charge on any atom is 0.319 e. The number of nitrogens with one attached hydrogen (secondary N) is 3. The highest BCUT2D eigenvalue weighted by Crippen LogP contribution is 2.13. The minimum absolute atomic E-state index is 0.0480. The van der Waals surface area contributed by atoms with E-state index in [1.807, 2.05) is 11.9 Å². The second-order valence-corrected chi connectivity index (χ2v) is 5.97. The third kappa shape index (κ3) is 5.81. The van der Waals surface area contributed by atoms with E-state index in [-0.39, 0.29) is 23.8 Å². The molecule has 0 radical (unpaired) electrons. The molecule has 1 heterocycles. The Morgan fingerprint density at radius 2 is 1.88 bits per heavy atom. The second-order valence-electron chi connectivity index (χ2n) is 5.97. The highest BCUT2D eigenvalue weighted by Gasteiger charge is 2.23. The van der Waals surface area contributed by atoms with Crippen molar-refractivity contribution in [3.63, 3.8) is 0 Å². The molecule has 3 N–H and O–H groups in total. The summed E-state index contributed by atoms with van der Waals surface area (Å²) >= 11 is 0. The molecule has 1 aliphatic rings. The van der Waals surface area contributed by atoms with Crippen LogP contribution in [0.3, 0.4) is 0 Å². The van der Waals surface area contributed by atoms with Crippen molar-refractivity contribution in [3.8, 4) is 0 Å². The summed E-state index contributed by atoms with van der Waals surface area (Å²) in [7, 11) is 1.87. The Kier molecular flexibility index (Phi) is 6.99. The van der Waals surface area contributed by atoms with Gasteiger partial charge in [-0.3, -0.25) is 4.79 Å². The Hall–Kier alpha value is -2.15. The average molecular weight is 336 g/mol. The van der Waals surface area contributed by atoms with E-state index in [4.69, 9.17) is 0 Å². The van der Waals surface area contributed by atoms with Crippen molar-refractivity contribution < 1.29 is 14.0 Å². The minimum Gasteiger partial charge on any atom is -0.343 e. The van der Waals surface area contributed by atoms with Gasteiger partial charge in [0, 0.05) is 31.2 Å². The van der Waals surface area contributed by atoms with Gasteiger partial charge < -0.3 is 20.9 Å². The number of benzene rings is 1. The molecule has 132 valence electrons. The van der Waals surface area contributed by atoms with E-state index >= 15 is 0 Å². The topological polar surface area (TPSA) is 73.5 Å². The van der Waals surface area contributed by atoms with Crippen molar-refractivity contribution in [3.05, 3.63) is 30.1 Å². The number of halogens is 1. The van der Waals surface area contributed by atoms with E-state index in [0.29, 0.717) is 25.2 Å². The highest BCUT2D eigenvalue weighted by atomic mass is 19.1. The molecule has 1 saturated heterocycles. The van der Waals surface area contributed by atoms with Gasteiger partial charge in [0.15, 0.2) is 0 Å². The van der Waals surface area contributed by atoms with Gasteiger partial charge in [-0.1, -0.05) is 0 Å². The predicted octanol–water partition coefficient (Wildman–Crippen LogP) is 1.94. The summed E-state index contributed by atoms with van der Waals surface area (Å²) in [6, 6.07) is 5.37. The van der Waals surface area contributed by atoms with E-state index < -0.39 is 0 Å². The molecule has 0 bridgehead atoms. The Labute approximate surface area is 141 Å². The maximum absolute atomic E-state index is 12.8. The molecule has 0 atom stereocenters. The molecule has 7 heteroatoms. The lowest BCUT2D eigenvalue weighted by Gasteiger charge is -2.32. The van der Waals surface area contributed by atoms with Crippen molar-refractivity contribution in [2.24, 2.45) is 0 Å². The standard InChI is InChI=1S/C17H25FN4O2/c1-19-10-2-3-16(23)22-11-8-15(9-12-22)21-17(24)20-14-6-4-13(18)5-7-14/h4-7,15,19H,2-3,8-12H2,1H3,(H2,20,21,24). The molecule has 6 nitrogen and oxygen atoms in total. The zero-order chi connectivity index (χ0) is 17.4. The summed E-state index contributed by atoms with van der Waals surface area (Å²) in [5, 5.41) is 8.61. The zero-order valence-electron chi connectivity index (χ0n) is 14.0. The van der Waals surface area contributed by atoms with Crippen LogP contribution in [0.15, 0.2) is 24.3 Å². The summed E-state index contributed by atoms with van der Waals surface area (Å²) < 4.78 is 12.8. The number of piperidine rings is 1. The molecule has 0 unspecified atom stereocenters. The molecule has 1 aromatic carbocycles. The third-order valence-corrected chi connectivity index (χ3v) is 4.10. The number of amides is 3. The lowest BCUT2D eigenvalue weighted by molar-refractivity contribution is -0.132. The molecular formula is C17H25FN4O2. The van der Waals surface area contributed by atoms with Gasteiger partial charge in [0.1, 0.15) is 5.82 Å². The highest BCUT2D eigenvalue weighted by molar-refractivity contribution is 5.89. The number of hydrogen-bond acceptors (Lipinski definition) is 3. The fourth-order valence-electron chi connectivity index (χ4n) is 2.73. The van der Waals surface area contributed by atoms with Crippen molar-refractivity contribution in [1.29, 1.82) is 0 Å². The third-order valence-electron chi connectivity index (χ3n) is 4.10. The van der Waals surface area contributed by atoms with Gasteiger partial charge in [-0.05, 0) is 57.1 Å². The summed E-state index contributed by atoms with van der Waals surface area (Å²) in [6.45, 7) is 2.17. The van der Waals surface area contributed by atoms with E-state index in [2.05, 4.69) is 16.0 Å². The maximum atomic E-state index is 12.8. The molecule has 0 saturated carbocycles. The normalized spacial score (nSPS) is 15.2. The van der Waals surface area contributed by atoms with E-state index in [0.717, 1.165) is 25.8 Å². The molecule has 0 spiro atoms. The second kappa shape index (κ2) is 9.22. The van der Waals surface area contributed by atoms with Crippen LogP contribution in [0.25, 0.3) is 0 Å². The van der Waals surface area contributed by atoms with Gasteiger partial charge in [0.25, 0.3) is 0 Å². The largest absolute Gasteiger partial charge is 0.343 e. The molecule has 1 fully saturated rings. The minimum atomic E-state index is -0.340. The van der Waals surface area contributed by atoms with Gasteiger partial charge in [-0.25, -0.2) is 9.18 Å². The Morgan fingerprint density at radius 3 is 2.50 bits per heavy atom. The van der Waals surface area contributed by atoms with Crippen molar-refractivity contribution in [2.45, 2.75) is 31.7 Å². The first-order valence-electron chi connectivity index (χ1n) is 8.34. The number of carbonyl (C=O) groups is 2. The predicted molar refractivity (Wildman–Crippen MR) is 91.3 cm³/mol. The monoisotopic (exact) mass is 336 g/mol. The number of nitrogens with zero attached hydrogens (tertiary/aromatic N) is 1. The van der Waals surface area contributed by atoms with Crippen LogP contribution in [0.4, 0.5) is 14.9 Å². The summed E-state index contributed by atoms with van der Waals surface area (Å²) in [6.07, 6.45) is 2.89. The molecule has 1 aromatic rings. The fraction of sp³-hybridized carbons (Fsp3) is 0.529. The molecule has 1 aliphatic heterocycles. The lowest BCUT2D eigenvalue weighted by atomic mass is 10.0. The van der Waals surface area contributed by atoms with Crippen LogP contribution < -0.4 is 16.0 Å². The van der Waals surface area contributed by atoms with Crippen LogP contribution in [-0.2, 0) is 4.79 Å². The van der Waals surface area contributed by atoms with Crippen molar-refractivity contribution in [1.82, 2.24) is 15.5 Å². The van der Waals surface area contributed by atoms with Crippen LogP contribution >= 0.6 is 0 Å². The summed E-state index contributed by atoms with van der Waals surface area (Å²) in [4.78, 5) is 25.9. The van der Waals surface area contributed by atoms with E-state index in [1.165, 1.54) is 24.3 Å². The summed E-state index contributed by atoms with van der Waals surface area (Å²) in [5.41, 5.74) is 0.547. The van der Waals surface area contributed by atoms with Gasteiger partial charge in [0.2, 0.25) is 5.91 Å². The van der Waals surface area contributed by atoms with E-state index in [1.54, 1.807) is 0 Å². The number of urea groups is 1. The zero-order valence-corrected chi connectivity index (χ0v) is 14.0. The molecule has 2 rings (SSSR count). The SMILES string of the molecule is CNCCCC(=O)N1CCC(NC(=O)Nc2ccc(F)cc2)CC1. The van der Waals surface area contributed by atoms with Gasteiger partial charge >= 0.3 is 6.03 Å². The first-order valence-corrected chi connectivity index (χ1v) is 8.34. The molecule has 24 heavy (non-hydrogen) atoms. The first kappa shape index (κ1) is 18.2.